The van der Waals surface area contributed by atoms with Gasteiger partial charge in [-0.05, 0) is 0 Å². The van der Waals surface area contributed by atoms with Gasteiger partial charge in [0, 0.05) is 0 Å². The van der Waals surface area contributed by atoms with Crippen molar-refractivity contribution in [2.45, 2.75) is 45.7 Å². The summed E-state index contributed by atoms with van der Waals surface area (Å²) in [5.74, 6) is 1.06. The van der Waals surface area contributed by atoms with Crippen molar-refractivity contribution in [1.29, 1.82) is 0 Å². The molecule has 3 aliphatic rings. The minimum absolute atomic E-state index is 0. The van der Waals surface area contributed by atoms with Crippen LogP contribution in [0, 0.1) is 18.8 Å². The number of hydrogen-bond acceptors (Lipinski definition) is 1. The number of thiophene rings is 1. The van der Waals surface area contributed by atoms with Crippen LogP contribution >= 0.6 is 21.8 Å². The number of rotatable bonds is 2. The van der Waals surface area contributed by atoms with E-state index in [-0.39, 0.29) is 35.3 Å². The Bertz CT molecular complexity index is 1890. The summed E-state index contributed by atoms with van der Waals surface area (Å²) < 4.78 is 3.12. The van der Waals surface area contributed by atoms with Gasteiger partial charge in [0.25, 0.3) is 0 Å². The fraction of sp³-hybridized carbons (Fsp3) is 0.229. The predicted octanol–water partition coefficient (Wildman–Crippen LogP) is 3.39. The SMILES string of the molecule is Cc1cccc2sc3c(c12)C=C(C(C)C)C3=S1C2=C(C(=[Si](C)C)C(C)[C]2=[Zr+2])c2c(-c3ccccc3)cccc21.[Cl-].[Cl-]. The molecule has 1 aliphatic heterocycles. The van der Waals surface area contributed by atoms with Gasteiger partial charge in [0.15, 0.2) is 0 Å². The van der Waals surface area contributed by atoms with E-state index in [2.05, 4.69) is 114 Å². The van der Waals surface area contributed by atoms with Crippen LogP contribution in [0.3, 0.4) is 0 Å². The number of aryl methyl sites for hydroxylation is 1. The van der Waals surface area contributed by atoms with E-state index in [0.717, 1.165) is 0 Å². The zero-order valence-corrected chi connectivity index (χ0v) is 30.8. The van der Waals surface area contributed by atoms with Crippen molar-refractivity contribution in [3.8, 4) is 11.1 Å². The van der Waals surface area contributed by atoms with E-state index < -0.39 is 8.41 Å². The first-order chi connectivity index (χ1) is 18.8. The Morgan fingerprint density at radius 1 is 0.927 bits per heavy atom. The van der Waals surface area contributed by atoms with Gasteiger partial charge in [-0.15, -0.1) is 0 Å². The average Bonchev–Trinajstić information content (AvgIpc) is 3.62. The van der Waals surface area contributed by atoms with Crippen LogP contribution in [0.25, 0.3) is 32.9 Å². The number of fused-ring (bicyclic) bond motifs is 5. The molecule has 2 aliphatic carbocycles. The van der Waals surface area contributed by atoms with Crippen molar-refractivity contribution in [2.24, 2.45) is 11.8 Å². The molecule has 4 aromatic rings. The zero-order valence-electron chi connectivity index (χ0n) is 24.2. The smallest absolute Gasteiger partial charge is 1.00 e. The second-order valence-corrected chi connectivity index (χ2v) is 18.3. The number of allylic oxidation sites excluding steroid dienone is 3. The van der Waals surface area contributed by atoms with Gasteiger partial charge in [-0.3, -0.25) is 0 Å². The van der Waals surface area contributed by atoms with Gasteiger partial charge in [-0.2, -0.15) is 0 Å². The molecule has 0 spiro atoms. The monoisotopic (exact) mass is 704 g/mol. The molecule has 41 heavy (non-hydrogen) atoms. The third-order valence-electron chi connectivity index (χ3n) is 8.49. The van der Waals surface area contributed by atoms with Gasteiger partial charge in [0.1, 0.15) is 0 Å². The summed E-state index contributed by atoms with van der Waals surface area (Å²) in [6.07, 6.45) is 2.56. The summed E-state index contributed by atoms with van der Waals surface area (Å²) in [4.78, 5) is 6.38. The Morgan fingerprint density at radius 2 is 1.63 bits per heavy atom. The van der Waals surface area contributed by atoms with Crippen LogP contribution in [0.2, 0.25) is 13.1 Å². The predicted molar refractivity (Wildman–Crippen MR) is 175 cm³/mol. The third kappa shape index (κ3) is 4.59. The molecule has 3 aromatic carbocycles. The van der Waals surface area contributed by atoms with E-state index >= 15 is 0 Å². The van der Waals surface area contributed by atoms with Crippen LogP contribution in [0.1, 0.15) is 42.3 Å². The Hall–Kier alpha value is -1.26. The maximum absolute atomic E-state index is 2.56. The van der Waals surface area contributed by atoms with Crippen LogP contribution in [-0.2, 0) is 24.2 Å². The van der Waals surface area contributed by atoms with Crippen molar-refractivity contribution < 1.29 is 49.0 Å². The summed E-state index contributed by atoms with van der Waals surface area (Å²) in [7, 11) is -0.693. The molecule has 6 heteroatoms. The standard InChI is InChI=1S/C35H32S2Si.2ClH.Zr/c1-20(2)25-19-26-30-21(3)12-10-16-27(30)36-33(26)34(25)37-28-17-11-15-24(23-13-8-7-9-14-23)31(28)32-29(37)18-22(4)35(32)38(5)6;;;/h7-17,19-20,22H,1-6H3;2*1H;/q;;;+2/p-2. The molecule has 2 unspecified atom stereocenters. The molecule has 7 rings (SSSR count). The topological polar surface area (TPSA) is 0 Å². The summed E-state index contributed by atoms with van der Waals surface area (Å²) in [6.45, 7) is 14.6. The van der Waals surface area contributed by atoms with Crippen molar-refractivity contribution in [3.63, 3.8) is 0 Å². The van der Waals surface area contributed by atoms with E-state index in [1.54, 1.807) is 58.4 Å². The van der Waals surface area contributed by atoms with E-state index in [4.69, 9.17) is 0 Å². The molecule has 2 heterocycles. The molecule has 0 N–H and O–H groups in total. The molecule has 0 radical (unpaired) electrons. The molecule has 206 valence electrons. The van der Waals surface area contributed by atoms with E-state index in [1.165, 1.54) is 42.8 Å². The summed E-state index contributed by atoms with van der Waals surface area (Å²) in [5, 5.41) is 3.22. The number of hydrogen-bond donors (Lipinski definition) is 0. The van der Waals surface area contributed by atoms with Crippen LogP contribution in [0.15, 0.2) is 82.1 Å². The average molecular weight is 707 g/mol. The van der Waals surface area contributed by atoms with Crippen molar-refractivity contribution in [3.05, 3.63) is 98.8 Å². The molecule has 0 amide bonds. The Morgan fingerprint density at radius 3 is 2.32 bits per heavy atom. The Balaban J connectivity index is 0.00000169. The zero-order chi connectivity index (χ0) is 27.2. The first-order valence-corrected chi connectivity index (χ1v) is 19.6. The van der Waals surface area contributed by atoms with Crippen molar-refractivity contribution in [2.75, 3.05) is 0 Å². The molecule has 0 fully saturated rings. The Labute approximate surface area is 279 Å². The molecule has 2 atom stereocenters. The second kappa shape index (κ2) is 11.7. The minimum atomic E-state index is -0.612. The second-order valence-electron chi connectivity index (χ2n) is 11.5. The normalized spacial score (nSPS) is 19.7. The molecular weight excluding hydrogens is 675 g/mol. The third-order valence-corrected chi connectivity index (χ3v) is 16.1. The van der Waals surface area contributed by atoms with Gasteiger partial charge in [0.05, 0.1) is 0 Å². The van der Waals surface area contributed by atoms with Crippen LogP contribution < -0.4 is 24.8 Å². The quantitative estimate of drug-likeness (QED) is 0.222. The Kier molecular flexibility index (Phi) is 8.88. The van der Waals surface area contributed by atoms with Gasteiger partial charge < -0.3 is 24.8 Å². The summed E-state index contributed by atoms with van der Waals surface area (Å²) in [6, 6.07) is 25.1. The van der Waals surface area contributed by atoms with Crippen molar-refractivity contribution in [1.82, 2.24) is 0 Å². The molecule has 0 saturated carbocycles. The van der Waals surface area contributed by atoms with Gasteiger partial charge in [-0.1, -0.05) is 0 Å². The van der Waals surface area contributed by atoms with Gasteiger partial charge in [0.2, 0.25) is 0 Å². The summed E-state index contributed by atoms with van der Waals surface area (Å²) >= 11 is 3.61. The molecule has 0 bridgehead atoms. The molecule has 1 aromatic heterocycles. The fourth-order valence-corrected chi connectivity index (χ4v) is 14.9. The van der Waals surface area contributed by atoms with E-state index in [1.807, 2.05) is 11.3 Å². The first kappa shape index (κ1) is 31.2. The molecule has 0 nitrogen and oxygen atoms in total. The summed E-state index contributed by atoms with van der Waals surface area (Å²) in [5.41, 5.74) is 10.3. The fourth-order valence-electron chi connectivity index (χ4n) is 6.74. The van der Waals surface area contributed by atoms with Crippen LogP contribution in [0.4, 0.5) is 0 Å². The minimum Gasteiger partial charge on any atom is -1.00 e. The van der Waals surface area contributed by atoms with Crippen LogP contribution in [-0.4, -0.2) is 21.6 Å². The first-order valence-electron chi connectivity index (χ1n) is 13.8. The number of halogens is 2. The van der Waals surface area contributed by atoms with E-state index in [9.17, 15) is 0 Å². The molecule has 0 saturated heterocycles. The molecular formula is C35H32Cl2S2SiZr. The maximum Gasteiger partial charge on any atom is -1.00 e. The van der Waals surface area contributed by atoms with E-state index in [0.29, 0.717) is 11.8 Å². The largest absolute Gasteiger partial charge is 1.00 e. The number of benzene rings is 3. The maximum atomic E-state index is 2.56. The van der Waals surface area contributed by atoms with Crippen LogP contribution in [0.5, 0.6) is 0 Å². The van der Waals surface area contributed by atoms with Gasteiger partial charge >= 0.3 is 257 Å². The van der Waals surface area contributed by atoms with Gasteiger partial charge in [-0.25, -0.2) is 0 Å². The van der Waals surface area contributed by atoms with Crippen molar-refractivity contribution >= 4 is 65.2 Å².